The van der Waals surface area contributed by atoms with Gasteiger partial charge in [-0.1, -0.05) is 20.8 Å². The van der Waals surface area contributed by atoms with Crippen LogP contribution in [0.3, 0.4) is 0 Å². The lowest BCUT2D eigenvalue weighted by atomic mass is 9.89. The highest BCUT2D eigenvalue weighted by Gasteiger charge is 2.25. The van der Waals surface area contributed by atoms with E-state index in [1.807, 2.05) is 45.9 Å². The Morgan fingerprint density at radius 3 is 2.83 bits per heavy atom. The second-order valence-electron chi connectivity index (χ2n) is 5.25. The fraction of sp³-hybridized carbons (Fsp3) is 0.429. The van der Waals surface area contributed by atoms with Gasteiger partial charge in [-0.05, 0) is 31.5 Å². The number of imidazole rings is 1. The first-order valence-electron chi connectivity index (χ1n) is 6.20. The molecular formula is C14H19N3O. The number of hydrogen-bond acceptors (Lipinski definition) is 2. The lowest BCUT2D eigenvalue weighted by Crippen LogP contribution is -2.29. The molecule has 96 valence electrons. The van der Waals surface area contributed by atoms with E-state index in [1.165, 1.54) is 0 Å². The molecule has 0 aliphatic rings. The monoisotopic (exact) mass is 245 g/mol. The summed E-state index contributed by atoms with van der Waals surface area (Å²) in [7, 11) is 0. The number of carbonyl (C=O) groups excluding carboxylic acids is 1. The van der Waals surface area contributed by atoms with Crippen LogP contribution < -0.4 is 5.32 Å². The van der Waals surface area contributed by atoms with E-state index in [0.717, 1.165) is 29.0 Å². The van der Waals surface area contributed by atoms with Crippen molar-refractivity contribution in [3.05, 3.63) is 24.0 Å². The number of H-pyrrole nitrogens is 1. The Kier molecular flexibility index (Phi) is 3.11. The second kappa shape index (κ2) is 4.44. The number of benzene rings is 1. The third-order valence-corrected chi connectivity index (χ3v) is 3.36. The molecule has 0 unspecified atom stereocenters. The van der Waals surface area contributed by atoms with E-state index in [2.05, 4.69) is 15.3 Å². The van der Waals surface area contributed by atoms with E-state index in [-0.39, 0.29) is 11.3 Å². The summed E-state index contributed by atoms with van der Waals surface area (Å²) in [5.74, 6) is 0.919. The van der Waals surface area contributed by atoms with Gasteiger partial charge in [-0.25, -0.2) is 4.98 Å². The van der Waals surface area contributed by atoms with Gasteiger partial charge in [0.25, 0.3) is 0 Å². The fourth-order valence-electron chi connectivity index (χ4n) is 1.68. The maximum absolute atomic E-state index is 12.1. The minimum Gasteiger partial charge on any atom is -0.342 e. The Hall–Kier alpha value is -1.84. The Labute approximate surface area is 107 Å². The molecule has 4 nitrogen and oxygen atoms in total. The molecular weight excluding hydrogens is 226 g/mol. The van der Waals surface area contributed by atoms with E-state index in [0.29, 0.717) is 0 Å². The summed E-state index contributed by atoms with van der Waals surface area (Å²) < 4.78 is 0. The predicted molar refractivity (Wildman–Crippen MR) is 73.5 cm³/mol. The summed E-state index contributed by atoms with van der Waals surface area (Å²) in [5.41, 5.74) is 2.32. The highest BCUT2D eigenvalue weighted by atomic mass is 16.2. The molecule has 18 heavy (non-hydrogen) atoms. The van der Waals surface area contributed by atoms with Crippen LogP contribution in [0.2, 0.25) is 0 Å². The molecule has 0 fully saturated rings. The van der Waals surface area contributed by atoms with Crippen LogP contribution in [0, 0.1) is 12.3 Å². The van der Waals surface area contributed by atoms with Gasteiger partial charge in [-0.3, -0.25) is 4.79 Å². The van der Waals surface area contributed by atoms with Gasteiger partial charge in [0.15, 0.2) is 0 Å². The van der Waals surface area contributed by atoms with Crippen molar-refractivity contribution in [2.45, 2.75) is 34.1 Å². The smallest absolute Gasteiger partial charge is 0.230 e. The van der Waals surface area contributed by atoms with Crippen LogP contribution in [0.1, 0.15) is 33.0 Å². The maximum Gasteiger partial charge on any atom is 0.230 e. The molecule has 2 N–H and O–H groups in total. The topological polar surface area (TPSA) is 57.8 Å². The van der Waals surface area contributed by atoms with Crippen LogP contribution in [0.25, 0.3) is 11.0 Å². The predicted octanol–water partition coefficient (Wildman–Crippen LogP) is 3.25. The largest absolute Gasteiger partial charge is 0.342 e. The minimum absolute atomic E-state index is 0.0422. The van der Waals surface area contributed by atoms with Crippen LogP contribution in [-0.2, 0) is 4.79 Å². The number of aryl methyl sites for hydroxylation is 1. The molecule has 0 bridgehead atoms. The quantitative estimate of drug-likeness (QED) is 0.872. The summed E-state index contributed by atoms with van der Waals surface area (Å²) in [6.45, 7) is 7.82. The normalized spacial score (nSPS) is 11.8. The number of rotatable bonds is 3. The molecule has 0 saturated carbocycles. The Morgan fingerprint density at radius 2 is 2.17 bits per heavy atom. The van der Waals surface area contributed by atoms with Gasteiger partial charge in [-0.2, -0.15) is 0 Å². The molecule has 0 aliphatic heterocycles. The molecule has 1 amide bonds. The zero-order valence-corrected chi connectivity index (χ0v) is 11.3. The molecule has 1 aromatic heterocycles. The van der Waals surface area contributed by atoms with Gasteiger partial charge in [0.2, 0.25) is 5.91 Å². The highest BCUT2D eigenvalue weighted by molar-refractivity contribution is 5.96. The van der Waals surface area contributed by atoms with Crippen molar-refractivity contribution in [1.82, 2.24) is 9.97 Å². The van der Waals surface area contributed by atoms with E-state index < -0.39 is 0 Å². The van der Waals surface area contributed by atoms with Crippen molar-refractivity contribution in [1.29, 1.82) is 0 Å². The lowest BCUT2D eigenvalue weighted by molar-refractivity contribution is -0.124. The number of fused-ring (bicyclic) bond motifs is 1. The van der Waals surface area contributed by atoms with Gasteiger partial charge in [-0.15, -0.1) is 0 Å². The molecule has 0 atom stereocenters. The summed E-state index contributed by atoms with van der Waals surface area (Å²) in [4.78, 5) is 19.6. The number of aromatic nitrogens is 2. The SMILES string of the molecule is CCC(C)(C)C(=O)Nc1ccc2nc(C)[nH]c2c1. The Bertz CT molecular complexity index is 584. The number of nitrogens with zero attached hydrogens (tertiary/aromatic N) is 1. The van der Waals surface area contributed by atoms with Crippen molar-refractivity contribution >= 4 is 22.6 Å². The average molecular weight is 245 g/mol. The summed E-state index contributed by atoms with van der Waals surface area (Å²) >= 11 is 0. The zero-order valence-electron chi connectivity index (χ0n) is 11.3. The molecule has 4 heteroatoms. The van der Waals surface area contributed by atoms with Crippen molar-refractivity contribution in [3.63, 3.8) is 0 Å². The van der Waals surface area contributed by atoms with E-state index in [9.17, 15) is 4.79 Å². The molecule has 1 aromatic carbocycles. The number of amides is 1. The third kappa shape index (κ3) is 2.37. The second-order valence-corrected chi connectivity index (χ2v) is 5.25. The van der Waals surface area contributed by atoms with Crippen molar-refractivity contribution in [2.24, 2.45) is 5.41 Å². The van der Waals surface area contributed by atoms with Gasteiger partial charge in [0.05, 0.1) is 11.0 Å². The minimum atomic E-state index is -0.348. The Balaban J connectivity index is 2.24. The maximum atomic E-state index is 12.1. The van der Waals surface area contributed by atoms with E-state index >= 15 is 0 Å². The summed E-state index contributed by atoms with van der Waals surface area (Å²) in [6.07, 6.45) is 0.810. The van der Waals surface area contributed by atoms with Gasteiger partial charge >= 0.3 is 0 Å². The van der Waals surface area contributed by atoms with E-state index in [4.69, 9.17) is 0 Å². The van der Waals surface area contributed by atoms with Crippen LogP contribution in [-0.4, -0.2) is 15.9 Å². The first-order valence-corrected chi connectivity index (χ1v) is 6.20. The molecule has 0 aliphatic carbocycles. The highest BCUT2D eigenvalue weighted by Crippen LogP contribution is 2.23. The summed E-state index contributed by atoms with van der Waals surface area (Å²) in [6, 6.07) is 5.71. The van der Waals surface area contributed by atoms with Crippen LogP contribution in [0.5, 0.6) is 0 Å². The number of aromatic amines is 1. The molecule has 2 aromatic rings. The van der Waals surface area contributed by atoms with Crippen LogP contribution in [0.4, 0.5) is 5.69 Å². The van der Waals surface area contributed by atoms with Gasteiger partial charge in [0, 0.05) is 11.1 Å². The molecule has 0 spiro atoms. The number of anilines is 1. The van der Waals surface area contributed by atoms with Gasteiger partial charge in [0.1, 0.15) is 5.82 Å². The molecule has 1 heterocycles. The summed E-state index contributed by atoms with van der Waals surface area (Å²) in [5, 5.41) is 2.95. The molecule has 2 rings (SSSR count). The fourth-order valence-corrected chi connectivity index (χ4v) is 1.68. The zero-order chi connectivity index (χ0) is 13.3. The Morgan fingerprint density at radius 1 is 1.44 bits per heavy atom. The van der Waals surface area contributed by atoms with Crippen LogP contribution in [0.15, 0.2) is 18.2 Å². The van der Waals surface area contributed by atoms with E-state index in [1.54, 1.807) is 0 Å². The van der Waals surface area contributed by atoms with Gasteiger partial charge < -0.3 is 10.3 Å². The number of nitrogens with one attached hydrogen (secondary N) is 2. The number of hydrogen-bond donors (Lipinski definition) is 2. The lowest BCUT2D eigenvalue weighted by Gasteiger charge is -2.21. The van der Waals surface area contributed by atoms with Crippen LogP contribution >= 0.6 is 0 Å². The average Bonchev–Trinajstić information content (AvgIpc) is 2.68. The number of carbonyl (C=O) groups is 1. The molecule has 0 radical (unpaired) electrons. The first kappa shape index (κ1) is 12.6. The van der Waals surface area contributed by atoms with Crippen molar-refractivity contribution < 1.29 is 4.79 Å². The molecule has 0 saturated heterocycles. The third-order valence-electron chi connectivity index (χ3n) is 3.36. The van der Waals surface area contributed by atoms with Crippen molar-refractivity contribution in [3.8, 4) is 0 Å². The van der Waals surface area contributed by atoms with Crippen molar-refractivity contribution in [2.75, 3.05) is 5.32 Å². The standard InChI is InChI=1S/C14H19N3O/c1-5-14(3,4)13(18)17-10-6-7-11-12(8-10)16-9(2)15-11/h6-8H,5H2,1-4H3,(H,15,16)(H,17,18). The first-order chi connectivity index (χ1) is 8.42.